The molecule has 0 aliphatic heterocycles. The molecule has 0 aliphatic rings. The van der Waals surface area contributed by atoms with Gasteiger partial charge in [-0.25, -0.2) is 0 Å². The highest BCUT2D eigenvalue weighted by Gasteiger charge is 2.22. The molecule has 0 amide bonds. The highest BCUT2D eigenvalue weighted by Crippen LogP contribution is 2.25. The normalized spacial score (nSPS) is 13.1. The summed E-state index contributed by atoms with van der Waals surface area (Å²) in [5.74, 6) is 1.24. The number of aryl methyl sites for hydroxylation is 2. The topological polar surface area (TPSA) is 36.3 Å². The van der Waals surface area contributed by atoms with E-state index in [1.54, 1.807) is 0 Å². The third-order valence-corrected chi connectivity index (χ3v) is 3.44. The fourth-order valence-electron chi connectivity index (χ4n) is 2.73. The monoisotopic (exact) mass is 267 g/mol. The van der Waals surface area contributed by atoms with Crippen LogP contribution in [0.5, 0.6) is 0 Å². The van der Waals surface area contributed by atoms with E-state index in [0.29, 0.717) is 6.04 Å². The number of hydrogen-bond donors (Lipinski definition) is 1. The molecule has 5 nitrogen and oxygen atoms in total. The van der Waals surface area contributed by atoms with Gasteiger partial charge in [0.2, 0.25) is 0 Å². The third kappa shape index (κ3) is 3.70. The summed E-state index contributed by atoms with van der Waals surface area (Å²) >= 11 is 0. The van der Waals surface area contributed by atoms with Crippen LogP contribution in [0.25, 0.3) is 0 Å². The van der Waals surface area contributed by atoms with Crippen molar-refractivity contribution in [2.24, 2.45) is 7.05 Å². The summed E-state index contributed by atoms with van der Waals surface area (Å²) in [7, 11) is 8.25. The second kappa shape index (κ2) is 6.91. The van der Waals surface area contributed by atoms with E-state index < -0.39 is 0 Å². The molecule has 1 atom stereocenters. The molecule has 0 aliphatic carbocycles. The molecule has 1 N–H and O–H groups in total. The number of nitrogens with zero attached hydrogens (tertiary/aromatic N) is 4. The minimum Gasteiger partial charge on any atom is -0.353 e. The third-order valence-electron chi connectivity index (χ3n) is 3.44. The second-order valence-corrected chi connectivity index (χ2v) is 5.44. The van der Waals surface area contributed by atoms with Gasteiger partial charge >= 0.3 is 0 Å². The maximum Gasteiger partial charge on any atom is 0.131 e. The Kier molecular flexibility index (Phi) is 5.82. The van der Waals surface area contributed by atoms with Crippen molar-refractivity contribution in [3.05, 3.63) is 11.3 Å². The number of aromatic nitrogens is 2. The molecule has 0 aromatic carbocycles. The zero-order valence-corrected chi connectivity index (χ0v) is 13.5. The molecule has 0 saturated carbocycles. The van der Waals surface area contributed by atoms with Crippen molar-refractivity contribution in [1.29, 1.82) is 0 Å². The van der Waals surface area contributed by atoms with Gasteiger partial charge < -0.3 is 15.1 Å². The van der Waals surface area contributed by atoms with Gasteiger partial charge in [-0.15, -0.1) is 0 Å². The lowest BCUT2D eigenvalue weighted by Crippen LogP contribution is -2.41. The Hall–Kier alpha value is -1.07. The fraction of sp³-hybridized carbons (Fsp3) is 0.786. The highest BCUT2D eigenvalue weighted by molar-refractivity contribution is 5.51. The molecule has 19 heavy (non-hydrogen) atoms. The first-order valence-electron chi connectivity index (χ1n) is 7.00. The Bertz CT molecular complexity index is 397. The smallest absolute Gasteiger partial charge is 0.131 e. The van der Waals surface area contributed by atoms with Crippen LogP contribution in [-0.2, 0) is 13.6 Å². The van der Waals surface area contributed by atoms with Crippen LogP contribution in [0.1, 0.15) is 25.1 Å². The summed E-state index contributed by atoms with van der Waals surface area (Å²) < 4.78 is 2.01. The number of hydrogen-bond acceptors (Lipinski definition) is 4. The van der Waals surface area contributed by atoms with Crippen LogP contribution >= 0.6 is 0 Å². The molecule has 1 unspecified atom stereocenters. The quantitative estimate of drug-likeness (QED) is 0.806. The minimum atomic E-state index is 0.463. The van der Waals surface area contributed by atoms with Crippen molar-refractivity contribution in [2.45, 2.75) is 33.4 Å². The predicted molar refractivity (Wildman–Crippen MR) is 81.7 cm³/mol. The summed E-state index contributed by atoms with van der Waals surface area (Å²) in [4.78, 5) is 4.67. The number of anilines is 1. The van der Waals surface area contributed by atoms with Gasteiger partial charge in [0.15, 0.2) is 0 Å². The molecular formula is C14H29N5. The molecule has 0 saturated heterocycles. The van der Waals surface area contributed by atoms with E-state index in [9.17, 15) is 0 Å². The minimum absolute atomic E-state index is 0.463. The second-order valence-electron chi connectivity index (χ2n) is 5.44. The Balaban J connectivity index is 3.09. The zero-order valence-electron chi connectivity index (χ0n) is 13.5. The summed E-state index contributed by atoms with van der Waals surface area (Å²) in [5, 5.41) is 7.83. The maximum atomic E-state index is 4.58. The molecule has 1 aromatic heterocycles. The predicted octanol–water partition coefficient (Wildman–Crippen LogP) is 1.22. The lowest BCUT2D eigenvalue weighted by Gasteiger charge is -2.32. The first-order valence-corrected chi connectivity index (χ1v) is 7.00. The van der Waals surface area contributed by atoms with Crippen LogP contribution in [0, 0.1) is 6.92 Å². The van der Waals surface area contributed by atoms with Crippen LogP contribution < -0.4 is 10.2 Å². The SMILES string of the molecule is CCN(c1c(CNC)c(C)nn1C)C(C)CN(C)C. The van der Waals surface area contributed by atoms with Crippen molar-refractivity contribution in [3.63, 3.8) is 0 Å². The van der Waals surface area contributed by atoms with Crippen molar-refractivity contribution < 1.29 is 0 Å². The summed E-state index contributed by atoms with van der Waals surface area (Å²) in [6, 6.07) is 0.463. The van der Waals surface area contributed by atoms with Crippen LogP contribution in [0.3, 0.4) is 0 Å². The lowest BCUT2D eigenvalue weighted by atomic mass is 10.2. The van der Waals surface area contributed by atoms with Crippen LogP contribution in [0.15, 0.2) is 0 Å². The van der Waals surface area contributed by atoms with Gasteiger partial charge in [0.1, 0.15) is 5.82 Å². The Labute approximate surface area is 117 Å². The number of likely N-dealkylation sites (N-methyl/N-ethyl adjacent to an activating group) is 2. The molecule has 1 rings (SSSR count). The van der Waals surface area contributed by atoms with E-state index in [-0.39, 0.29) is 0 Å². The average molecular weight is 267 g/mol. The number of rotatable bonds is 7. The van der Waals surface area contributed by atoms with Crippen molar-refractivity contribution >= 4 is 5.82 Å². The molecule has 0 fully saturated rings. The van der Waals surface area contributed by atoms with Crippen LogP contribution in [-0.4, -0.2) is 55.0 Å². The fourth-order valence-corrected chi connectivity index (χ4v) is 2.73. The van der Waals surface area contributed by atoms with Gasteiger partial charge in [0, 0.05) is 38.3 Å². The molecule has 110 valence electrons. The Morgan fingerprint density at radius 2 is 2.00 bits per heavy atom. The molecule has 1 heterocycles. The van der Waals surface area contributed by atoms with Crippen molar-refractivity contribution in [1.82, 2.24) is 20.0 Å². The van der Waals surface area contributed by atoms with E-state index in [4.69, 9.17) is 0 Å². The number of nitrogens with one attached hydrogen (secondary N) is 1. The van der Waals surface area contributed by atoms with E-state index in [0.717, 1.165) is 25.3 Å². The van der Waals surface area contributed by atoms with Gasteiger partial charge in [-0.2, -0.15) is 5.10 Å². The van der Waals surface area contributed by atoms with Gasteiger partial charge in [-0.1, -0.05) is 0 Å². The Morgan fingerprint density at radius 1 is 1.37 bits per heavy atom. The molecule has 0 bridgehead atoms. The zero-order chi connectivity index (χ0) is 14.6. The van der Waals surface area contributed by atoms with Crippen molar-refractivity contribution in [3.8, 4) is 0 Å². The standard InChI is InChI=1S/C14H29N5/c1-8-19(11(2)10-17(5)6)14-13(9-15-4)12(3)16-18(14)7/h11,15H,8-10H2,1-7H3. The molecular weight excluding hydrogens is 238 g/mol. The van der Waals surface area contributed by atoms with E-state index in [1.807, 2.05) is 18.8 Å². The van der Waals surface area contributed by atoms with Crippen molar-refractivity contribution in [2.75, 3.05) is 39.1 Å². The molecule has 0 radical (unpaired) electrons. The molecule has 5 heteroatoms. The molecule has 1 aromatic rings. The van der Waals surface area contributed by atoms with Crippen LogP contribution in [0.2, 0.25) is 0 Å². The van der Waals surface area contributed by atoms with Gasteiger partial charge in [-0.05, 0) is 41.9 Å². The van der Waals surface area contributed by atoms with Gasteiger partial charge in [-0.3, -0.25) is 4.68 Å². The lowest BCUT2D eigenvalue weighted by molar-refractivity contribution is 0.370. The largest absolute Gasteiger partial charge is 0.353 e. The van der Waals surface area contributed by atoms with Gasteiger partial charge in [0.25, 0.3) is 0 Å². The average Bonchev–Trinajstić information content (AvgIpc) is 2.57. The maximum absolute atomic E-state index is 4.58. The van der Waals surface area contributed by atoms with E-state index >= 15 is 0 Å². The van der Waals surface area contributed by atoms with Gasteiger partial charge in [0.05, 0.1) is 5.69 Å². The first-order chi connectivity index (χ1) is 8.92. The van der Waals surface area contributed by atoms with E-state index in [1.165, 1.54) is 11.4 Å². The summed E-state index contributed by atoms with van der Waals surface area (Å²) in [6.07, 6.45) is 0. The summed E-state index contributed by atoms with van der Waals surface area (Å²) in [5.41, 5.74) is 2.42. The highest BCUT2D eigenvalue weighted by atomic mass is 15.4. The summed E-state index contributed by atoms with van der Waals surface area (Å²) in [6.45, 7) is 9.45. The molecule has 0 spiro atoms. The van der Waals surface area contributed by atoms with E-state index in [2.05, 4.69) is 55.1 Å². The Morgan fingerprint density at radius 3 is 2.47 bits per heavy atom. The van der Waals surface area contributed by atoms with Crippen LogP contribution in [0.4, 0.5) is 5.82 Å². The first kappa shape index (κ1) is 16.0.